The van der Waals surface area contributed by atoms with Crippen LogP contribution in [-0.4, -0.2) is 21.2 Å². The summed E-state index contributed by atoms with van der Waals surface area (Å²) >= 11 is 0. The second-order valence-electron chi connectivity index (χ2n) is 6.65. The Labute approximate surface area is 104 Å². The van der Waals surface area contributed by atoms with E-state index in [0.717, 1.165) is 25.7 Å². The fourth-order valence-electron chi connectivity index (χ4n) is 5.45. The predicted octanol–water partition coefficient (Wildman–Crippen LogP) is 1.53. The summed E-state index contributed by atoms with van der Waals surface area (Å²) in [7, 11) is 0. The average Bonchev–Trinajstić information content (AvgIpc) is 2.71. The number of ketones is 1. The molecular weight excluding hydrogens is 228 g/mol. The summed E-state index contributed by atoms with van der Waals surface area (Å²) in [6.07, 6.45) is 8.83. The maximum Gasteiger partial charge on any atom is 0.238 e. The highest BCUT2D eigenvalue weighted by Gasteiger charge is 2.85. The molecule has 2 bridgehead atoms. The number of hydrogen-bond acceptors (Lipinski definition) is 3. The lowest BCUT2D eigenvalue weighted by molar-refractivity contribution is -0.127. The van der Waals surface area contributed by atoms with Gasteiger partial charge in [-0.1, -0.05) is 0 Å². The molecule has 5 atom stereocenters. The van der Waals surface area contributed by atoms with Gasteiger partial charge in [0, 0.05) is 24.2 Å². The summed E-state index contributed by atoms with van der Waals surface area (Å²) in [5, 5.41) is 0. The van der Waals surface area contributed by atoms with Crippen molar-refractivity contribution in [3.05, 3.63) is 18.7 Å². The highest BCUT2D eigenvalue weighted by atomic mass is 16.2. The molecule has 4 aliphatic carbocycles. The standard InChI is InChI=1S/C14H14N2O2/c17-11-8-3-10-9(11)5-13(10)6-14(13,4-8)12(18)16-2-1-15-7-16/h1-2,7-10H,3-6H2. The van der Waals surface area contributed by atoms with E-state index < -0.39 is 0 Å². The highest BCUT2D eigenvalue weighted by Crippen LogP contribution is 2.86. The van der Waals surface area contributed by atoms with Crippen LogP contribution in [0.25, 0.3) is 0 Å². The van der Waals surface area contributed by atoms with Gasteiger partial charge in [-0.15, -0.1) is 0 Å². The van der Waals surface area contributed by atoms with Gasteiger partial charge in [0.2, 0.25) is 5.91 Å². The second kappa shape index (κ2) is 2.46. The minimum Gasteiger partial charge on any atom is -0.299 e. The SMILES string of the molecule is O=C1C2CC3C1CC31CC1(C(=O)n1ccnc1)C2. The van der Waals surface area contributed by atoms with E-state index >= 15 is 0 Å². The van der Waals surface area contributed by atoms with Crippen LogP contribution in [0.1, 0.15) is 30.5 Å². The number of carbonyl (C=O) groups is 2. The summed E-state index contributed by atoms with van der Waals surface area (Å²) in [6.45, 7) is 0. The molecule has 0 amide bonds. The lowest BCUT2D eigenvalue weighted by Gasteiger charge is -2.44. The fourth-order valence-corrected chi connectivity index (χ4v) is 5.45. The molecule has 5 rings (SSSR count). The first-order valence-corrected chi connectivity index (χ1v) is 6.74. The third-order valence-electron chi connectivity index (χ3n) is 6.27. The van der Waals surface area contributed by atoms with Crippen molar-refractivity contribution in [2.45, 2.75) is 25.7 Å². The van der Waals surface area contributed by atoms with Gasteiger partial charge in [0.15, 0.2) is 0 Å². The van der Waals surface area contributed by atoms with Crippen LogP contribution >= 0.6 is 0 Å². The number of imidazole rings is 1. The van der Waals surface area contributed by atoms with E-state index in [0.29, 0.717) is 17.6 Å². The zero-order valence-corrected chi connectivity index (χ0v) is 10.0. The first-order chi connectivity index (χ1) is 8.68. The van der Waals surface area contributed by atoms with Crippen molar-refractivity contribution in [3.63, 3.8) is 0 Å². The van der Waals surface area contributed by atoms with Gasteiger partial charge in [-0.2, -0.15) is 0 Å². The minimum absolute atomic E-state index is 0.172. The number of rotatable bonds is 1. The van der Waals surface area contributed by atoms with Crippen molar-refractivity contribution < 1.29 is 9.59 Å². The molecule has 0 radical (unpaired) electrons. The van der Waals surface area contributed by atoms with Gasteiger partial charge in [-0.05, 0) is 37.0 Å². The smallest absolute Gasteiger partial charge is 0.238 e. The first-order valence-electron chi connectivity index (χ1n) is 6.74. The summed E-state index contributed by atoms with van der Waals surface area (Å²) < 4.78 is 1.62. The van der Waals surface area contributed by atoms with E-state index in [2.05, 4.69) is 4.98 Å². The third-order valence-corrected chi connectivity index (χ3v) is 6.27. The van der Waals surface area contributed by atoms with Gasteiger partial charge in [0.05, 0.1) is 5.41 Å². The van der Waals surface area contributed by atoms with Gasteiger partial charge in [0.1, 0.15) is 12.1 Å². The molecular formula is C14H14N2O2. The zero-order valence-electron chi connectivity index (χ0n) is 10.0. The normalized spacial score (nSPS) is 50.7. The molecule has 1 aromatic heterocycles. The monoisotopic (exact) mass is 242 g/mol. The molecule has 5 unspecified atom stereocenters. The Kier molecular flexibility index (Phi) is 1.30. The van der Waals surface area contributed by atoms with Gasteiger partial charge in [-0.25, -0.2) is 4.98 Å². The third kappa shape index (κ3) is 0.729. The van der Waals surface area contributed by atoms with E-state index in [1.165, 1.54) is 0 Å². The molecule has 0 aromatic carbocycles. The number of fused-ring (bicyclic) bond motifs is 1. The molecule has 1 spiro atoms. The minimum atomic E-state index is -0.218. The van der Waals surface area contributed by atoms with Gasteiger partial charge < -0.3 is 0 Å². The lowest BCUT2D eigenvalue weighted by Crippen LogP contribution is -2.44. The maximum atomic E-state index is 12.7. The summed E-state index contributed by atoms with van der Waals surface area (Å²) in [4.78, 5) is 28.8. The number of carbonyl (C=O) groups excluding carboxylic acids is 2. The van der Waals surface area contributed by atoms with Crippen molar-refractivity contribution in [1.29, 1.82) is 0 Å². The summed E-state index contributed by atoms with van der Waals surface area (Å²) in [5.41, 5.74) is -0.0222. The van der Waals surface area contributed by atoms with E-state index in [4.69, 9.17) is 0 Å². The Bertz CT molecular complexity index is 593. The molecule has 1 heterocycles. The largest absolute Gasteiger partial charge is 0.299 e. The molecule has 0 N–H and O–H groups in total. The lowest BCUT2D eigenvalue weighted by atomic mass is 9.58. The van der Waals surface area contributed by atoms with Crippen molar-refractivity contribution >= 4 is 11.7 Å². The van der Waals surface area contributed by atoms with Crippen LogP contribution in [0, 0.1) is 28.6 Å². The van der Waals surface area contributed by atoms with Crippen LogP contribution in [0.15, 0.2) is 18.7 Å². The van der Waals surface area contributed by atoms with Crippen LogP contribution in [0.5, 0.6) is 0 Å². The van der Waals surface area contributed by atoms with Crippen LogP contribution in [0.2, 0.25) is 0 Å². The van der Waals surface area contributed by atoms with Crippen molar-refractivity contribution in [3.8, 4) is 0 Å². The van der Waals surface area contributed by atoms with E-state index in [9.17, 15) is 9.59 Å². The molecule has 4 fully saturated rings. The quantitative estimate of drug-likeness (QED) is 0.750. The Morgan fingerprint density at radius 1 is 1.44 bits per heavy atom. The Balaban J connectivity index is 1.60. The van der Waals surface area contributed by atoms with Crippen LogP contribution in [0.4, 0.5) is 0 Å². The van der Waals surface area contributed by atoms with Crippen molar-refractivity contribution in [2.75, 3.05) is 0 Å². The van der Waals surface area contributed by atoms with Gasteiger partial charge in [0.25, 0.3) is 0 Å². The number of aromatic nitrogens is 2. The molecule has 92 valence electrons. The molecule has 0 saturated heterocycles. The predicted molar refractivity (Wildman–Crippen MR) is 61.7 cm³/mol. The first kappa shape index (κ1) is 9.48. The number of nitrogens with zero attached hydrogens (tertiary/aromatic N) is 2. The fraction of sp³-hybridized carbons (Fsp3) is 0.643. The number of hydrogen-bond donors (Lipinski definition) is 0. The molecule has 4 saturated carbocycles. The van der Waals surface area contributed by atoms with Crippen molar-refractivity contribution in [1.82, 2.24) is 9.55 Å². The summed E-state index contributed by atoms with van der Waals surface area (Å²) in [5.74, 6) is 1.63. The summed E-state index contributed by atoms with van der Waals surface area (Å²) in [6, 6.07) is 0. The molecule has 18 heavy (non-hydrogen) atoms. The molecule has 4 aliphatic rings. The Hall–Kier alpha value is -1.45. The van der Waals surface area contributed by atoms with Crippen LogP contribution in [-0.2, 0) is 4.79 Å². The topological polar surface area (TPSA) is 52.0 Å². The van der Waals surface area contributed by atoms with Crippen molar-refractivity contribution in [2.24, 2.45) is 28.6 Å². The van der Waals surface area contributed by atoms with Gasteiger partial charge >= 0.3 is 0 Å². The number of Topliss-reactive ketones (excluding diaryl/α,β-unsaturated/α-hetero) is 1. The van der Waals surface area contributed by atoms with E-state index in [1.54, 1.807) is 23.3 Å². The van der Waals surface area contributed by atoms with Crippen LogP contribution < -0.4 is 0 Å². The van der Waals surface area contributed by atoms with Crippen LogP contribution in [0.3, 0.4) is 0 Å². The van der Waals surface area contributed by atoms with E-state index in [1.807, 2.05) is 0 Å². The zero-order chi connectivity index (χ0) is 12.1. The molecule has 0 aliphatic heterocycles. The molecule has 4 heteroatoms. The average molecular weight is 242 g/mol. The molecule has 4 nitrogen and oxygen atoms in total. The highest BCUT2D eigenvalue weighted by molar-refractivity contribution is 5.96. The Morgan fingerprint density at radius 3 is 3.11 bits per heavy atom. The molecule has 1 aromatic rings. The van der Waals surface area contributed by atoms with E-state index in [-0.39, 0.29) is 22.7 Å². The maximum absolute atomic E-state index is 12.7. The second-order valence-corrected chi connectivity index (χ2v) is 6.65. The van der Waals surface area contributed by atoms with Gasteiger partial charge in [-0.3, -0.25) is 14.2 Å². The Morgan fingerprint density at radius 2 is 2.33 bits per heavy atom.